The van der Waals surface area contributed by atoms with E-state index >= 15 is 0 Å². The van der Waals surface area contributed by atoms with Crippen LogP contribution in [0, 0.1) is 0 Å². The predicted octanol–water partition coefficient (Wildman–Crippen LogP) is 1.16. The summed E-state index contributed by atoms with van der Waals surface area (Å²) in [6.45, 7) is 2.38. The Morgan fingerprint density at radius 2 is 2.00 bits per heavy atom. The van der Waals surface area contributed by atoms with Crippen LogP contribution in [0.15, 0.2) is 18.2 Å². The Balaban J connectivity index is 2.67. The van der Waals surface area contributed by atoms with Gasteiger partial charge in [0, 0.05) is 12.6 Å². The summed E-state index contributed by atoms with van der Waals surface area (Å²) in [6, 6.07) is 3.78. The molecule has 1 atom stereocenters. The molecule has 0 saturated heterocycles. The fourth-order valence-corrected chi connectivity index (χ4v) is 1.41. The van der Waals surface area contributed by atoms with Crippen LogP contribution in [0.3, 0.4) is 0 Å². The van der Waals surface area contributed by atoms with Crippen molar-refractivity contribution in [1.29, 1.82) is 0 Å². The third-order valence-corrected chi connectivity index (χ3v) is 2.95. The molecule has 4 N–H and O–H groups in total. The monoisotopic (exact) mass is 281 g/mol. The van der Waals surface area contributed by atoms with Gasteiger partial charge in [0.05, 0.1) is 5.69 Å². The van der Waals surface area contributed by atoms with Crippen molar-refractivity contribution in [3.63, 3.8) is 0 Å². The standard InChI is InChI=1S/C13H19N3O4/c1-8(16(2)3)7-14-13(20)15-10-6-4-5-9(11(10)17)12(18)19/h4-6,8,17H,7H2,1-3H3,(H,18,19)(H2,14,15,20). The molecule has 1 aromatic carbocycles. The summed E-state index contributed by atoms with van der Waals surface area (Å²) >= 11 is 0. The van der Waals surface area contributed by atoms with E-state index in [0.29, 0.717) is 6.54 Å². The number of aromatic carboxylic acids is 1. The Labute approximate surface area is 117 Å². The van der Waals surface area contributed by atoms with E-state index in [9.17, 15) is 14.7 Å². The van der Waals surface area contributed by atoms with Gasteiger partial charge >= 0.3 is 12.0 Å². The van der Waals surface area contributed by atoms with Crippen LogP contribution in [0.1, 0.15) is 17.3 Å². The molecule has 1 rings (SSSR count). The van der Waals surface area contributed by atoms with Gasteiger partial charge in [0.2, 0.25) is 0 Å². The lowest BCUT2D eigenvalue weighted by atomic mass is 10.1. The number of carboxylic acid groups (broad SMARTS) is 1. The van der Waals surface area contributed by atoms with E-state index in [-0.39, 0.29) is 17.3 Å². The van der Waals surface area contributed by atoms with Gasteiger partial charge in [-0.05, 0) is 33.2 Å². The highest BCUT2D eigenvalue weighted by Crippen LogP contribution is 2.27. The summed E-state index contributed by atoms with van der Waals surface area (Å²) in [4.78, 5) is 24.5. The summed E-state index contributed by atoms with van der Waals surface area (Å²) in [7, 11) is 3.79. The molecular formula is C13H19N3O4. The predicted molar refractivity (Wildman–Crippen MR) is 75.2 cm³/mol. The zero-order valence-electron chi connectivity index (χ0n) is 11.7. The van der Waals surface area contributed by atoms with E-state index in [2.05, 4.69) is 10.6 Å². The fraction of sp³-hybridized carbons (Fsp3) is 0.385. The van der Waals surface area contributed by atoms with Crippen molar-refractivity contribution >= 4 is 17.7 Å². The summed E-state index contributed by atoms with van der Waals surface area (Å²) in [5.74, 6) is -1.72. The molecule has 0 fully saturated rings. The Hall–Kier alpha value is -2.28. The van der Waals surface area contributed by atoms with E-state index in [1.807, 2.05) is 25.9 Å². The third kappa shape index (κ3) is 4.13. The largest absolute Gasteiger partial charge is 0.505 e. The van der Waals surface area contributed by atoms with Gasteiger partial charge in [-0.1, -0.05) is 6.07 Å². The number of urea groups is 1. The van der Waals surface area contributed by atoms with Crippen molar-refractivity contribution in [3.8, 4) is 5.75 Å². The van der Waals surface area contributed by atoms with Crippen LogP contribution in [0.2, 0.25) is 0 Å². The van der Waals surface area contributed by atoms with Gasteiger partial charge < -0.3 is 25.7 Å². The molecule has 2 amide bonds. The first-order valence-electron chi connectivity index (χ1n) is 6.09. The summed E-state index contributed by atoms with van der Waals surface area (Å²) in [5.41, 5.74) is -0.204. The molecular weight excluding hydrogens is 262 g/mol. The first-order chi connectivity index (χ1) is 9.32. The molecule has 1 unspecified atom stereocenters. The molecule has 20 heavy (non-hydrogen) atoms. The lowest BCUT2D eigenvalue weighted by molar-refractivity contribution is 0.0693. The van der Waals surface area contributed by atoms with Crippen LogP contribution in [0.5, 0.6) is 5.75 Å². The number of amides is 2. The van der Waals surface area contributed by atoms with Crippen LogP contribution in [-0.2, 0) is 0 Å². The smallest absolute Gasteiger partial charge is 0.339 e. The summed E-state index contributed by atoms with van der Waals surface area (Å²) in [5, 5.41) is 23.7. The average molecular weight is 281 g/mol. The van der Waals surface area contributed by atoms with E-state index in [4.69, 9.17) is 5.11 Å². The Bertz CT molecular complexity index is 502. The maximum Gasteiger partial charge on any atom is 0.339 e. The highest BCUT2D eigenvalue weighted by Gasteiger charge is 2.15. The molecule has 1 aromatic rings. The van der Waals surface area contributed by atoms with Crippen molar-refractivity contribution in [3.05, 3.63) is 23.8 Å². The molecule has 0 aliphatic heterocycles. The number of benzene rings is 1. The highest BCUT2D eigenvalue weighted by molar-refractivity contribution is 5.97. The minimum absolute atomic E-state index is 0.0555. The number of carboxylic acids is 1. The fourth-order valence-electron chi connectivity index (χ4n) is 1.41. The van der Waals surface area contributed by atoms with E-state index in [1.54, 1.807) is 0 Å². The van der Waals surface area contributed by atoms with Crippen molar-refractivity contribution in [2.45, 2.75) is 13.0 Å². The number of nitrogens with zero attached hydrogens (tertiary/aromatic N) is 1. The average Bonchev–Trinajstić information content (AvgIpc) is 2.37. The lowest BCUT2D eigenvalue weighted by Gasteiger charge is -2.20. The second-order valence-corrected chi connectivity index (χ2v) is 4.65. The molecule has 0 bridgehead atoms. The number of hydrogen-bond acceptors (Lipinski definition) is 4. The molecule has 7 heteroatoms. The number of likely N-dealkylation sites (N-methyl/N-ethyl adjacent to an activating group) is 1. The molecule has 0 radical (unpaired) electrons. The second kappa shape index (κ2) is 6.76. The number of nitrogens with one attached hydrogen (secondary N) is 2. The van der Waals surface area contributed by atoms with E-state index < -0.39 is 17.7 Å². The van der Waals surface area contributed by atoms with Crippen molar-refractivity contribution in [1.82, 2.24) is 10.2 Å². The number of carbonyl (C=O) groups excluding carboxylic acids is 1. The second-order valence-electron chi connectivity index (χ2n) is 4.65. The SMILES string of the molecule is CC(CNC(=O)Nc1cccc(C(=O)O)c1O)N(C)C. The van der Waals surface area contributed by atoms with Gasteiger partial charge in [0.1, 0.15) is 5.56 Å². The minimum atomic E-state index is -1.26. The molecule has 110 valence electrons. The number of hydrogen-bond donors (Lipinski definition) is 4. The van der Waals surface area contributed by atoms with Crippen LogP contribution < -0.4 is 10.6 Å². The number of phenols is 1. The van der Waals surface area contributed by atoms with Gasteiger partial charge in [-0.25, -0.2) is 9.59 Å². The Morgan fingerprint density at radius 3 is 2.55 bits per heavy atom. The van der Waals surface area contributed by atoms with Gasteiger partial charge in [-0.2, -0.15) is 0 Å². The molecule has 0 aliphatic carbocycles. The number of aromatic hydroxyl groups is 1. The van der Waals surface area contributed by atoms with Gasteiger partial charge in [0.25, 0.3) is 0 Å². The maximum atomic E-state index is 11.7. The molecule has 0 aliphatic rings. The van der Waals surface area contributed by atoms with Crippen LogP contribution in [0.4, 0.5) is 10.5 Å². The number of para-hydroxylation sites is 1. The minimum Gasteiger partial charge on any atom is -0.505 e. The van der Waals surface area contributed by atoms with Crippen molar-refractivity contribution in [2.24, 2.45) is 0 Å². The maximum absolute atomic E-state index is 11.7. The lowest BCUT2D eigenvalue weighted by Crippen LogP contribution is -2.40. The summed E-state index contributed by atoms with van der Waals surface area (Å²) in [6.07, 6.45) is 0. The molecule has 0 aromatic heterocycles. The molecule has 0 heterocycles. The van der Waals surface area contributed by atoms with Crippen molar-refractivity contribution in [2.75, 3.05) is 26.0 Å². The van der Waals surface area contributed by atoms with Crippen LogP contribution in [-0.4, -0.2) is 53.8 Å². The normalized spacial score (nSPS) is 12.0. The molecule has 0 spiro atoms. The first-order valence-corrected chi connectivity index (χ1v) is 6.09. The third-order valence-electron chi connectivity index (χ3n) is 2.95. The van der Waals surface area contributed by atoms with Crippen molar-refractivity contribution < 1.29 is 19.8 Å². The number of rotatable bonds is 5. The van der Waals surface area contributed by atoms with E-state index in [1.165, 1.54) is 18.2 Å². The topological polar surface area (TPSA) is 102 Å². The highest BCUT2D eigenvalue weighted by atomic mass is 16.4. The van der Waals surface area contributed by atoms with Gasteiger partial charge in [-0.3, -0.25) is 0 Å². The zero-order chi connectivity index (χ0) is 15.3. The number of anilines is 1. The van der Waals surface area contributed by atoms with Crippen LogP contribution in [0.25, 0.3) is 0 Å². The summed E-state index contributed by atoms with van der Waals surface area (Å²) < 4.78 is 0. The first kappa shape index (κ1) is 15.8. The van der Waals surface area contributed by atoms with Crippen LogP contribution >= 0.6 is 0 Å². The Kier molecular flexibility index (Phi) is 5.33. The molecule has 0 saturated carbocycles. The zero-order valence-corrected chi connectivity index (χ0v) is 11.7. The number of carbonyl (C=O) groups is 2. The Morgan fingerprint density at radius 1 is 1.35 bits per heavy atom. The quantitative estimate of drug-likeness (QED) is 0.607. The van der Waals surface area contributed by atoms with Gasteiger partial charge in [0.15, 0.2) is 5.75 Å². The molecule has 7 nitrogen and oxygen atoms in total. The van der Waals surface area contributed by atoms with Gasteiger partial charge in [-0.15, -0.1) is 0 Å². The van der Waals surface area contributed by atoms with E-state index in [0.717, 1.165) is 0 Å².